The van der Waals surface area contributed by atoms with Crippen molar-refractivity contribution in [1.82, 2.24) is 14.8 Å². The third-order valence-corrected chi connectivity index (χ3v) is 4.47. The van der Waals surface area contributed by atoms with Crippen LogP contribution in [0.15, 0.2) is 24.3 Å². The Balaban J connectivity index is 1.97. The van der Waals surface area contributed by atoms with E-state index in [4.69, 9.17) is 9.47 Å². The number of aromatic nitrogens is 3. The van der Waals surface area contributed by atoms with Gasteiger partial charge in [0.15, 0.2) is 17.1 Å². The summed E-state index contributed by atoms with van der Waals surface area (Å²) in [6, 6.07) is 5.99. The first-order valence-electron chi connectivity index (χ1n) is 8.63. The van der Waals surface area contributed by atoms with Crippen molar-refractivity contribution in [2.45, 2.75) is 33.0 Å². The van der Waals surface area contributed by atoms with Gasteiger partial charge < -0.3 is 9.47 Å². The van der Waals surface area contributed by atoms with Crippen LogP contribution in [0.4, 0.5) is 13.2 Å². The van der Waals surface area contributed by atoms with Crippen LogP contribution >= 0.6 is 0 Å². The van der Waals surface area contributed by atoms with Crippen molar-refractivity contribution in [3.8, 4) is 22.8 Å². The van der Waals surface area contributed by atoms with Crippen molar-refractivity contribution in [2.75, 3.05) is 13.2 Å². The predicted molar refractivity (Wildman–Crippen MR) is 94.1 cm³/mol. The van der Waals surface area contributed by atoms with E-state index in [1.54, 1.807) is 25.1 Å². The second-order valence-electron chi connectivity index (χ2n) is 6.73. The number of hydrogen-bond acceptors (Lipinski definition) is 4. The molecule has 0 spiro atoms. The van der Waals surface area contributed by atoms with Gasteiger partial charge in [0.2, 0.25) is 0 Å². The smallest absolute Gasteiger partial charge is 0.417 e. The Hall–Kier alpha value is -2.77. The Morgan fingerprint density at radius 3 is 2.44 bits per heavy atom. The number of rotatable bonds is 2. The van der Waals surface area contributed by atoms with Crippen molar-refractivity contribution in [2.24, 2.45) is 0 Å². The van der Waals surface area contributed by atoms with Crippen LogP contribution in [0.3, 0.4) is 0 Å². The topological polar surface area (TPSA) is 49.2 Å². The van der Waals surface area contributed by atoms with Crippen molar-refractivity contribution in [3.63, 3.8) is 0 Å². The molecule has 0 radical (unpaired) electrons. The third kappa shape index (κ3) is 2.98. The minimum atomic E-state index is -4.51. The summed E-state index contributed by atoms with van der Waals surface area (Å²) in [5.41, 5.74) is 0.547. The number of fused-ring (bicyclic) bond motifs is 2. The van der Waals surface area contributed by atoms with E-state index >= 15 is 0 Å². The zero-order valence-electron chi connectivity index (χ0n) is 15.1. The van der Waals surface area contributed by atoms with Crippen LogP contribution in [0.5, 0.6) is 11.5 Å². The molecule has 142 valence electrons. The highest BCUT2D eigenvalue weighted by atomic mass is 19.4. The van der Waals surface area contributed by atoms with Gasteiger partial charge in [-0.25, -0.2) is 9.67 Å². The monoisotopic (exact) mass is 377 g/mol. The number of nitrogens with zero attached hydrogens (tertiary/aromatic N) is 3. The number of hydrogen-bond donors (Lipinski definition) is 0. The fraction of sp³-hybridized carbons (Fsp3) is 0.368. The molecule has 3 aromatic rings. The van der Waals surface area contributed by atoms with Crippen molar-refractivity contribution >= 4 is 11.0 Å². The Labute approximate surface area is 153 Å². The maximum absolute atomic E-state index is 13.8. The summed E-state index contributed by atoms with van der Waals surface area (Å²) in [5, 5.41) is 4.32. The van der Waals surface area contributed by atoms with E-state index in [1.807, 2.05) is 13.8 Å². The van der Waals surface area contributed by atoms with Gasteiger partial charge in [-0.1, -0.05) is 0 Å². The molecule has 0 bridgehead atoms. The van der Waals surface area contributed by atoms with Gasteiger partial charge in [0.05, 0.1) is 22.3 Å². The highest BCUT2D eigenvalue weighted by Crippen LogP contribution is 2.40. The van der Waals surface area contributed by atoms with Gasteiger partial charge >= 0.3 is 6.18 Å². The molecule has 0 amide bonds. The van der Waals surface area contributed by atoms with Gasteiger partial charge in [-0.2, -0.15) is 18.3 Å². The average Bonchev–Trinajstić information content (AvgIpc) is 2.97. The fourth-order valence-corrected chi connectivity index (χ4v) is 3.25. The predicted octanol–water partition coefficient (Wildman–Crippen LogP) is 4.78. The Bertz CT molecular complexity index is 1030. The first-order valence-corrected chi connectivity index (χ1v) is 8.63. The minimum Gasteiger partial charge on any atom is -0.486 e. The molecule has 8 heteroatoms. The summed E-state index contributed by atoms with van der Waals surface area (Å²) in [6.07, 6.45) is -4.51. The zero-order valence-corrected chi connectivity index (χ0v) is 15.1. The highest BCUT2D eigenvalue weighted by Gasteiger charge is 2.36. The quantitative estimate of drug-likeness (QED) is 0.645. The number of halogens is 3. The molecule has 27 heavy (non-hydrogen) atoms. The number of alkyl halides is 3. The van der Waals surface area contributed by atoms with Crippen molar-refractivity contribution in [3.05, 3.63) is 35.5 Å². The van der Waals surface area contributed by atoms with Gasteiger partial charge in [0.1, 0.15) is 13.2 Å². The van der Waals surface area contributed by atoms with Gasteiger partial charge in [-0.15, -0.1) is 0 Å². The number of aryl methyl sites for hydroxylation is 1. The molecule has 1 aliphatic rings. The fourth-order valence-electron chi connectivity index (χ4n) is 3.25. The summed E-state index contributed by atoms with van der Waals surface area (Å²) in [4.78, 5) is 4.51. The zero-order chi connectivity index (χ0) is 19.3. The Kier molecular flexibility index (Phi) is 4.01. The molecule has 1 aliphatic heterocycles. The lowest BCUT2D eigenvalue weighted by Gasteiger charge is -2.19. The van der Waals surface area contributed by atoms with E-state index in [0.29, 0.717) is 36.0 Å². The highest BCUT2D eigenvalue weighted by molar-refractivity contribution is 5.86. The second-order valence-corrected chi connectivity index (χ2v) is 6.73. The van der Waals surface area contributed by atoms with Crippen LogP contribution < -0.4 is 9.47 Å². The molecule has 2 aromatic heterocycles. The molecule has 0 N–H and O–H groups in total. The summed E-state index contributed by atoms with van der Waals surface area (Å²) in [7, 11) is 0. The molecule has 0 atom stereocenters. The third-order valence-electron chi connectivity index (χ3n) is 4.47. The first-order chi connectivity index (χ1) is 12.8. The van der Waals surface area contributed by atoms with Crippen molar-refractivity contribution < 1.29 is 22.6 Å². The minimum absolute atomic E-state index is 0.0393. The van der Waals surface area contributed by atoms with E-state index < -0.39 is 11.7 Å². The van der Waals surface area contributed by atoms with Gasteiger partial charge in [0.25, 0.3) is 0 Å². The standard InChI is InChI=1S/C19H18F3N3O2/c1-10(2)25-18-17(11(3)24-25)13(19(20,21)22)9-14(23-18)12-4-5-15-16(8-12)27-7-6-26-15/h4-5,8-10H,6-7H2,1-3H3. The maximum atomic E-state index is 13.8. The van der Waals surface area contributed by atoms with E-state index in [0.717, 1.165) is 6.07 Å². The maximum Gasteiger partial charge on any atom is 0.417 e. The molecular weight excluding hydrogens is 359 g/mol. The largest absolute Gasteiger partial charge is 0.486 e. The molecule has 0 aliphatic carbocycles. The lowest BCUT2D eigenvalue weighted by Crippen LogP contribution is -2.15. The summed E-state index contributed by atoms with van der Waals surface area (Å²) < 4.78 is 53.9. The number of benzene rings is 1. The first kappa shape index (κ1) is 17.6. The van der Waals surface area contributed by atoms with Gasteiger partial charge in [-0.3, -0.25) is 0 Å². The summed E-state index contributed by atoms with van der Waals surface area (Å²) >= 11 is 0. The van der Waals surface area contributed by atoms with Crippen LogP contribution in [0.1, 0.15) is 31.1 Å². The molecule has 0 saturated heterocycles. The SMILES string of the molecule is Cc1nn(C(C)C)c2nc(-c3ccc4c(c3)OCCO4)cc(C(F)(F)F)c12. The van der Waals surface area contributed by atoms with Crippen LogP contribution in [0.25, 0.3) is 22.3 Å². The summed E-state index contributed by atoms with van der Waals surface area (Å²) in [5.74, 6) is 1.08. The van der Waals surface area contributed by atoms with E-state index in [-0.39, 0.29) is 22.8 Å². The average molecular weight is 377 g/mol. The molecular formula is C19H18F3N3O2. The summed E-state index contributed by atoms with van der Waals surface area (Å²) in [6.45, 7) is 6.13. The molecule has 5 nitrogen and oxygen atoms in total. The van der Waals surface area contributed by atoms with E-state index in [9.17, 15) is 13.2 Å². The normalized spacial score (nSPS) is 14.2. The van der Waals surface area contributed by atoms with Gasteiger partial charge in [0, 0.05) is 11.6 Å². The van der Waals surface area contributed by atoms with Crippen molar-refractivity contribution in [1.29, 1.82) is 0 Å². The number of ether oxygens (including phenoxy) is 2. The molecule has 1 aromatic carbocycles. The van der Waals surface area contributed by atoms with E-state index in [2.05, 4.69) is 10.1 Å². The Morgan fingerprint density at radius 2 is 1.78 bits per heavy atom. The molecule has 4 rings (SSSR count). The lowest BCUT2D eigenvalue weighted by molar-refractivity contribution is -0.136. The molecule has 0 unspecified atom stereocenters. The Morgan fingerprint density at radius 1 is 1.07 bits per heavy atom. The van der Waals surface area contributed by atoms with Crippen LogP contribution in [-0.2, 0) is 6.18 Å². The molecule has 3 heterocycles. The molecule has 0 fully saturated rings. The van der Waals surface area contributed by atoms with Crippen LogP contribution in [0.2, 0.25) is 0 Å². The molecule has 0 saturated carbocycles. The van der Waals surface area contributed by atoms with Crippen LogP contribution in [-0.4, -0.2) is 28.0 Å². The second kappa shape index (κ2) is 6.14. The van der Waals surface area contributed by atoms with Crippen LogP contribution in [0, 0.1) is 6.92 Å². The lowest BCUT2D eigenvalue weighted by atomic mass is 10.0. The van der Waals surface area contributed by atoms with Gasteiger partial charge in [-0.05, 0) is 45.0 Å². The van der Waals surface area contributed by atoms with E-state index in [1.165, 1.54) is 4.68 Å². The number of pyridine rings is 1.